The molecule has 1 aromatic rings. The number of hydrogen-bond donors (Lipinski definition) is 2. The van der Waals surface area contributed by atoms with Crippen LogP contribution in [0.3, 0.4) is 0 Å². The molecule has 0 radical (unpaired) electrons. The van der Waals surface area contributed by atoms with E-state index in [0.717, 1.165) is 6.42 Å². The lowest BCUT2D eigenvalue weighted by molar-refractivity contribution is -0.147. The van der Waals surface area contributed by atoms with E-state index in [1.807, 2.05) is 0 Å². The molecule has 92 valence electrons. The maximum absolute atomic E-state index is 11.4. The number of halogens is 1. The molecule has 1 aliphatic carbocycles. The first-order valence-electron chi connectivity index (χ1n) is 5.32. The van der Waals surface area contributed by atoms with E-state index in [2.05, 4.69) is 0 Å². The van der Waals surface area contributed by atoms with E-state index < -0.39 is 11.4 Å². The van der Waals surface area contributed by atoms with Crippen LogP contribution in [0.5, 0.6) is 11.5 Å². The van der Waals surface area contributed by atoms with Crippen LogP contribution in [0, 0.1) is 0 Å². The van der Waals surface area contributed by atoms with Crippen molar-refractivity contribution < 1.29 is 19.7 Å². The minimum Gasteiger partial charge on any atom is -0.504 e. The summed E-state index contributed by atoms with van der Waals surface area (Å²) in [7, 11) is 1.42. The SMILES string of the molecule is COc1ccc(Cl)c(C2(C(=O)O)CCC2)c1O. The van der Waals surface area contributed by atoms with Gasteiger partial charge in [0.25, 0.3) is 0 Å². The second-order valence-electron chi connectivity index (χ2n) is 4.21. The van der Waals surface area contributed by atoms with Gasteiger partial charge in [-0.1, -0.05) is 18.0 Å². The molecule has 1 fully saturated rings. The third-order valence-electron chi connectivity index (χ3n) is 3.41. The number of hydrogen-bond acceptors (Lipinski definition) is 3. The van der Waals surface area contributed by atoms with Gasteiger partial charge >= 0.3 is 5.97 Å². The van der Waals surface area contributed by atoms with Crippen LogP contribution in [-0.4, -0.2) is 23.3 Å². The average Bonchev–Trinajstić information content (AvgIpc) is 2.21. The van der Waals surface area contributed by atoms with Gasteiger partial charge in [-0.2, -0.15) is 0 Å². The van der Waals surface area contributed by atoms with Crippen LogP contribution in [0.15, 0.2) is 12.1 Å². The molecule has 2 N–H and O–H groups in total. The number of rotatable bonds is 3. The minimum absolute atomic E-state index is 0.165. The summed E-state index contributed by atoms with van der Waals surface area (Å²) in [5.74, 6) is -0.867. The molecule has 0 bridgehead atoms. The number of carboxylic acids is 1. The van der Waals surface area contributed by atoms with Crippen LogP contribution < -0.4 is 4.74 Å². The maximum atomic E-state index is 11.4. The molecule has 4 nitrogen and oxygen atoms in total. The van der Waals surface area contributed by atoms with Crippen molar-refractivity contribution in [3.63, 3.8) is 0 Å². The molecule has 0 spiro atoms. The highest BCUT2D eigenvalue weighted by molar-refractivity contribution is 6.32. The molecule has 0 aliphatic heterocycles. The quantitative estimate of drug-likeness (QED) is 0.872. The van der Waals surface area contributed by atoms with E-state index in [-0.39, 0.29) is 22.1 Å². The Balaban J connectivity index is 2.61. The maximum Gasteiger partial charge on any atom is 0.314 e. The molecular weight excluding hydrogens is 244 g/mol. The van der Waals surface area contributed by atoms with Gasteiger partial charge in [-0.05, 0) is 25.0 Å². The summed E-state index contributed by atoms with van der Waals surface area (Å²) in [5.41, 5.74) is -0.785. The van der Waals surface area contributed by atoms with Crippen molar-refractivity contribution in [1.29, 1.82) is 0 Å². The lowest BCUT2D eigenvalue weighted by Gasteiger charge is -2.39. The first kappa shape index (κ1) is 12.0. The fraction of sp³-hybridized carbons (Fsp3) is 0.417. The molecular formula is C12H13ClO4. The Labute approximate surface area is 104 Å². The summed E-state index contributed by atoms with van der Waals surface area (Å²) < 4.78 is 4.98. The summed E-state index contributed by atoms with van der Waals surface area (Å²) in [4.78, 5) is 11.4. The van der Waals surface area contributed by atoms with Gasteiger partial charge in [0, 0.05) is 10.6 Å². The molecule has 0 heterocycles. The van der Waals surface area contributed by atoms with Crippen molar-refractivity contribution >= 4 is 17.6 Å². The molecule has 17 heavy (non-hydrogen) atoms. The smallest absolute Gasteiger partial charge is 0.314 e. The van der Waals surface area contributed by atoms with Crippen LogP contribution in [-0.2, 0) is 10.2 Å². The first-order chi connectivity index (χ1) is 8.03. The summed E-state index contributed by atoms with van der Waals surface area (Å²) in [6.07, 6.45) is 1.80. The number of ether oxygens (including phenoxy) is 1. The second-order valence-corrected chi connectivity index (χ2v) is 4.62. The fourth-order valence-corrected chi connectivity index (χ4v) is 2.60. The molecule has 2 rings (SSSR count). The van der Waals surface area contributed by atoms with Crippen LogP contribution in [0.2, 0.25) is 5.02 Å². The van der Waals surface area contributed by atoms with E-state index >= 15 is 0 Å². The molecule has 1 saturated carbocycles. The molecule has 0 unspecified atom stereocenters. The van der Waals surface area contributed by atoms with Crippen LogP contribution >= 0.6 is 11.6 Å². The van der Waals surface area contributed by atoms with E-state index in [0.29, 0.717) is 12.8 Å². The van der Waals surface area contributed by atoms with Crippen molar-refractivity contribution in [2.45, 2.75) is 24.7 Å². The zero-order valence-corrected chi connectivity index (χ0v) is 10.1. The molecule has 0 aromatic heterocycles. The molecule has 0 amide bonds. The molecule has 1 aromatic carbocycles. The number of phenols is 1. The number of carboxylic acid groups (broad SMARTS) is 1. The van der Waals surface area contributed by atoms with Crippen molar-refractivity contribution in [3.8, 4) is 11.5 Å². The molecule has 1 aliphatic rings. The second kappa shape index (κ2) is 4.11. The number of carbonyl (C=O) groups is 1. The third-order valence-corrected chi connectivity index (χ3v) is 3.72. The normalized spacial score (nSPS) is 17.3. The van der Waals surface area contributed by atoms with E-state index in [9.17, 15) is 15.0 Å². The largest absolute Gasteiger partial charge is 0.504 e. The standard InChI is InChI=1S/C12H13ClO4/c1-17-8-4-3-7(13)9(10(8)14)12(11(15)16)5-2-6-12/h3-4,14H,2,5-6H2,1H3,(H,15,16). The van der Waals surface area contributed by atoms with E-state index in [4.69, 9.17) is 16.3 Å². The summed E-state index contributed by atoms with van der Waals surface area (Å²) in [6, 6.07) is 3.08. The number of phenolic OH excluding ortho intramolecular Hbond substituents is 1. The lowest BCUT2D eigenvalue weighted by Crippen LogP contribution is -2.42. The van der Waals surface area contributed by atoms with E-state index in [1.165, 1.54) is 13.2 Å². The number of methoxy groups -OCH3 is 1. The lowest BCUT2D eigenvalue weighted by atomic mass is 9.64. The van der Waals surface area contributed by atoms with Gasteiger partial charge in [0.2, 0.25) is 0 Å². The topological polar surface area (TPSA) is 66.8 Å². The Bertz CT molecular complexity index is 466. The number of aromatic hydroxyl groups is 1. The Morgan fingerprint density at radius 1 is 1.47 bits per heavy atom. The predicted octanol–water partition coefficient (Wildman–Crippen LogP) is 2.56. The Morgan fingerprint density at radius 3 is 2.53 bits per heavy atom. The van der Waals surface area contributed by atoms with Crippen LogP contribution in [0.25, 0.3) is 0 Å². The van der Waals surface area contributed by atoms with Gasteiger partial charge < -0.3 is 14.9 Å². The number of aliphatic carboxylic acids is 1. The van der Waals surface area contributed by atoms with Gasteiger partial charge in [-0.25, -0.2) is 0 Å². The monoisotopic (exact) mass is 256 g/mol. The van der Waals surface area contributed by atoms with E-state index in [1.54, 1.807) is 6.07 Å². The highest BCUT2D eigenvalue weighted by Gasteiger charge is 2.49. The Kier molecular flexibility index (Phi) is 2.91. The van der Waals surface area contributed by atoms with Crippen LogP contribution in [0.1, 0.15) is 24.8 Å². The van der Waals surface area contributed by atoms with Gasteiger partial charge in [0.05, 0.1) is 12.5 Å². The van der Waals surface area contributed by atoms with Gasteiger partial charge in [-0.15, -0.1) is 0 Å². The fourth-order valence-electron chi connectivity index (χ4n) is 2.27. The third kappa shape index (κ3) is 1.63. The first-order valence-corrected chi connectivity index (χ1v) is 5.70. The van der Waals surface area contributed by atoms with Gasteiger partial charge in [0.1, 0.15) is 0 Å². The zero-order valence-electron chi connectivity index (χ0n) is 9.36. The summed E-state index contributed by atoms with van der Waals surface area (Å²) >= 11 is 6.02. The van der Waals surface area contributed by atoms with Crippen molar-refractivity contribution in [2.24, 2.45) is 0 Å². The molecule has 0 saturated heterocycles. The number of benzene rings is 1. The zero-order chi connectivity index (χ0) is 12.6. The molecule has 0 atom stereocenters. The van der Waals surface area contributed by atoms with Crippen molar-refractivity contribution in [2.75, 3.05) is 7.11 Å². The summed E-state index contributed by atoms with van der Waals surface area (Å²) in [6.45, 7) is 0. The van der Waals surface area contributed by atoms with Crippen molar-refractivity contribution in [1.82, 2.24) is 0 Å². The Hall–Kier alpha value is -1.42. The summed E-state index contributed by atoms with van der Waals surface area (Å²) in [5, 5.41) is 19.7. The average molecular weight is 257 g/mol. The predicted molar refractivity (Wildman–Crippen MR) is 62.8 cm³/mol. The highest BCUT2D eigenvalue weighted by Crippen LogP contribution is 2.52. The highest BCUT2D eigenvalue weighted by atomic mass is 35.5. The van der Waals surface area contributed by atoms with Crippen molar-refractivity contribution in [3.05, 3.63) is 22.7 Å². The van der Waals surface area contributed by atoms with Crippen LogP contribution in [0.4, 0.5) is 0 Å². The van der Waals surface area contributed by atoms with Gasteiger partial charge in [0.15, 0.2) is 11.5 Å². The molecule has 5 heteroatoms. The van der Waals surface area contributed by atoms with Gasteiger partial charge in [-0.3, -0.25) is 4.79 Å². The minimum atomic E-state index is -1.06. The Morgan fingerprint density at radius 2 is 2.12 bits per heavy atom.